The quantitative estimate of drug-likeness (QED) is 0.829. The van der Waals surface area contributed by atoms with Gasteiger partial charge in [-0.25, -0.2) is 0 Å². The van der Waals surface area contributed by atoms with Gasteiger partial charge in [0.15, 0.2) is 4.34 Å². The minimum Gasteiger partial charge on any atom is -0.363 e. The molecule has 1 atom stereocenters. The molecule has 0 radical (unpaired) electrons. The van der Waals surface area contributed by atoms with Crippen molar-refractivity contribution in [1.29, 1.82) is 0 Å². The van der Waals surface area contributed by atoms with Gasteiger partial charge in [0.05, 0.1) is 11.8 Å². The molecular formula is C14H18N4OS2. The van der Waals surface area contributed by atoms with Gasteiger partial charge in [-0.2, -0.15) is 0 Å². The highest BCUT2D eigenvalue weighted by atomic mass is 32.2. The summed E-state index contributed by atoms with van der Waals surface area (Å²) in [4.78, 5) is 14.0. The van der Waals surface area contributed by atoms with E-state index in [9.17, 15) is 4.79 Å². The van der Waals surface area contributed by atoms with Crippen LogP contribution >= 0.6 is 23.1 Å². The molecule has 0 saturated heterocycles. The van der Waals surface area contributed by atoms with E-state index in [1.54, 1.807) is 11.9 Å². The summed E-state index contributed by atoms with van der Waals surface area (Å²) in [6.07, 6.45) is 0. The SMILES string of the molecule is CNc1nnc(SCC(=O)N(C)[C@H](C)c2ccccc2)s1. The Hall–Kier alpha value is -1.60. The van der Waals surface area contributed by atoms with Crippen LogP contribution in [0.5, 0.6) is 0 Å². The minimum absolute atomic E-state index is 0.0570. The molecule has 0 saturated carbocycles. The first-order chi connectivity index (χ1) is 10.1. The van der Waals surface area contributed by atoms with E-state index in [0.29, 0.717) is 5.75 Å². The van der Waals surface area contributed by atoms with Crippen LogP contribution in [0.2, 0.25) is 0 Å². The number of rotatable bonds is 6. The molecule has 1 aromatic carbocycles. The van der Waals surface area contributed by atoms with Gasteiger partial charge in [-0.05, 0) is 12.5 Å². The first kappa shape index (κ1) is 15.8. The van der Waals surface area contributed by atoms with E-state index in [4.69, 9.17) is 0 Å². The number of hydrogen-bond donors (Lipinski definition) is 1. The van der Waals surface area contributed by atoms with Crippen molar-refractivity contribution in [3.05, 3.63) is 35.9 Å². The Balaban J connectivity index is 1.90. The fourth-order valence-corrected chi connectivity index (χ4v) is 3.39. The Morgan fingerprint density at radius 2 is 2.10 bits per heavy atom. The van der Waals surface area contributed by atoms with Gasteiger partial charge in [0.25, 0.3) is 0 Å². The molecule has 7 heteroatoms. The number of thioether (sulfide) groups is 1. The third-order valence-electron chi connectivity index (χ3n) is 3.20. The van der Waals surface area contributed by atoms with Crippen molar-refractivity contribution in [2.45, 2.75) is 17.3 Å². The number of carbonyl (C=O) groups excluding carboxylic acids is 1. The molecular weight excluding hydrogens is 304 g/mol. The molecule has 1 amide bonds. The minimum atomic E-state index is 0.0570. The second-order valence-electron chi connectivity index (χ2n) is 4.50. The maximum absolute atomic E-state index is 12.3. The van der Waals surface area contributed by atoms with Gasteiger partial charge < -0.3 is 10.2 Å². The Bertz CT molecular complexity index is 588. The van der Waals surface area contributed by atoms with Gasteiger partial charge in [0.2, 0.25) is 11.0 Å². The van der Waals surface area contributed by atoms with Crippen LogP contribution in [-0.2, 0) is 4.79 Å². The van der Waals surface area contributed by atoms with Gasteiger partial charge in [-0.1, -0.05) is 53.4 Å². The molecule has 0 aliphatic heterocycles. The topological polar surface area (TPSA) is 58.1 Å². The van der Waals surface area contributed by atoms with Crippen LogP contribution in [0.4, 0.5) is 5.13 Å². The molecule has 1 aromatic heterocycles. The van der Waals surface area contributed by atoms with Gasteiger partial charge >= 0.3 is 0 Å². The lowest BCUT2D eigenvalue weighted by atomic mass is 10.1. The second kappa shape index (κ2) is 7.42. The molecule has 112 valence electrons. The summed E-state index contributed by atoms with van der Waals surface area (Å²) in [7, 11) is 3.63. The zero-order valence-electron chi connectivity index (χ0n) is 12.2. The first-order valence-electron chi connectivity index (χ1n) is 6.56. The van der Waals surface area contributed by atoms with Crippen molar-refractivity contribution in [2.75, 3.05) is 25.2 Å². The molecule has 0 unspecified atom stereocenters. The van der Waals surface area contributed by atoms with E-state index >= 15 is 0 Å². The van der Waals surface area contributed by atoms with E-state index in [1.807, 2.05) is 44.3 Å². The number of hydrogen-bond acceptors (Lipinski definition) is 6. The van der Waals surface area contributed by atoms with Gasteiger partial charge in [-0.3, -0.25) is 4.79 Å². The van der Waals surface area contributed by atoms with Crippen molar-refractivity contribution in [3.8, 4) is 0 Å². The lowest BCUT2D eigenvalue weighted by Gasteiger charge is -2.25. The predicted octanol–water partition coefficient (Wildman–Crippen LogP) is 2.89. The zero-order chi connectivity index (χ0) is 15.2. The Morgan fingerprint density at radius 1 is 1.38 bits per heavy atom. The fourth-order valence-electron chi connectivity index (χ4n) is 1.77. The Morgan fingerprint density at radius 3 is 2.71 bits per heavy atom. The van der Waals surface area contributed by atoms with Gasteiger partial charge in [0, 0.05) is 14.1 Å². The van der Waals surface area contributed by atoms with Crippen molar-refractivity contribution in [2.24, 2.45) is 0 Å². The number of nitrogens with zero attached hydrogens (tertiary/aromatic N) is 3. The Labute approximate surface area is 132 Å². The molecule has 2 aromatic rings. The van der Waals surface area contributed by atoms with Crippen LogP contribution in [0.25, 0.3) is 0 Å². The van der Waals surface area contributed by atoms with Crippen molar-refractivity contribution >= 4 is 34.1 Å². The molecule has 2 rings (SSSR count). The summed E-state index contributed by atoms with van der Waals surface area (Å²) >= 11 is 2.87. The van der Waals surface area contributed by atoms with E-state index in [2.05, 4.69) is 15.5 Å². The van der Waals surface area contributed by atoms with Crippen molar-refractivity contribution in [1.82, 2.24) is 15.1 Å². The third-order valence-corrected chi connectivity index (χ3v) is 5.25. The zero-order valence-corrected chi connectivity index (χ0v) is 13.9. The highest BCUT2D eigenvalue weighted by Gasteiger charge is 2.18. The number of anilines is 1. The van der Waals surface area contributed by atoms with E-state index in [1.165, 1.54) is 23.1 Å². The van der Waals surface area contributed by atoms with Crippen LogP contribution in [0, 0.1) is 0 Å². The average Bonchev–Trinajstić information content (AvgIpc) is 3.00. The maximum Gasteiger partial charge on any atom is 0.233 e. The molecule has 1 N–H and O–H groups in total. The number of amides is 1. The van der Waals surface area contributed by atoms with Crippen LogP contribution in [0.1, 0.15) is 18.5 Å². The number of benzene rings is 1. The van der Waals surface area contributed by atoms with Crippen molar-refractivity contribution < 1.29 is 4.79 Å². The fraction of sp³-hybridized carbons (Fsp3) is 0.357. The molecule has 21 heavy (non-hydrogen) atoms. The molecule has 0 aliphatic carbocycles. The monoisotopic (exact) mass is 322 g/mol. The molecule has 1 heterocycles. The van der Waals surface area contributed by atoms with E-state index < -0.39 is 0 Å². The van der Waals surface area contributed by atoms with Gasteiger partial charge in [0.1, 0.15) is 0 Å². The summed E-state index contributed by atoms with van der Waals surface area (Å²) < 4.78 is 0.800. The Kier molecular flexibility index (Phi) is 5.58. The second-order valence-corrected chi connectivity index (χ2v) is 6.70. The lowest BCUT2D eigenvalue weighted by Crippen LogP contribution is -2.31. The standard InChI is InChI=1S/C14H18N4OS2/c1-10(11-7-5-4-6-8-11)18(3)12(19)9-20-14-17-16-13(15-2)21-14/h4-8,10H,9H2,1-3H3,(H,15,16)/t10-/m1/s1. The largest absolute Gasteiger partial charge is 0.363 e. The molecule has 0 aliphatic rings. The summed E-state index contributed by atoms with van der Waals surface area (Å²) in [5.74, 6) is 0.448. The van der Waals surface area contributed by atoms with Crippen LogP contribution in [0.15, 0.2) is 34.7 Å². The number of aromatic nitrogens is 2. The van der Waals surface area contributed by atoms with Gasteiger partial charge in [-0.15, -0.1) is 10.2 Å². The highest BCUT2D eigenvalue weighted by molar-refractivity contribution is 8.01. The smallest absolute Gasteiger partial charge is 0.233 e. The summed E-state index contributed by atoms with van der Waals surface area (Å²) in [6.45, 7) is 2.03. The maximum atomic E-state index is 12.3. The number of carbonyl (C=O) groups is 1. The molecule has 0 fully saturated rings. The highest BCUT2D eigenvalue weighted by Crippen LogP contribution is 2.26. The van der Waals surface area contributed by atoms with Crippen LogP contribution in [-0.4, -0.2) is 40.9 Å². The summed E-state index contributed by atoms with van der Waals surface area (Å²) in [5.41, 5.74) is 1.13. The summed E-state index contributed by atoms with van der Waals surface area (Å²) in [5, 5.41) is 11.7. The lowest BCUT2D eigenvalue weighted by molar-refractivity contribution is -0.128. The number of nitrogens with one attached hydrogen (secondary N) is 1. The molecule has 0 spiro atoms. The first-order valence-corrected chi connectivity index (χ1v) is 8.36. The van der Waals surface area contributed by atoms with E-state index in [0.717, 1.165) is 15.0 Å². The summed E-state index contributed by atoms with van der Waals surface area (Å²) in [6, 6.07) is 10.1. The predicted molar refractivity (Wildman–Crippen MR) is 87.8 cm³/mol. The van der Waals surface area contributed by atoms with Crippen LogP contribution < -0.4 is 5.32 Å². The van der Waals surface area contributed by atoms with E-state index in [-0.39, 0.29) is 11.9 Å². The normalized spacial score (nSPS) is 12.0. The third kappa shape index (κ3) is 4.18. The molecule has 0 bridgehead atoms. The molecule has 5 nitrogen and oxygen atoms in total. The average molecular weight is 322 g/mol. The van der Waals surface area contributed by atoms with Crippen molar-refractivity contribution in [3.63, 3.8) is 0 Å². The van der Waals surface area contributed by atoms with Crippen LogP contribution in [0.3, 0.4) is 0 Å².